The van der Waals surface area contributed by atoms with Crippen molar-refractivity contribution in [1.29, 1.82) is 0 Å². The van der Waals surface area contributed by atoms with Crippen LogP contribution >= 0.6 is 0 Å². The maximum Gasteiger partial charge on any atom is 0.234 e. The molecule has 76 valence electrons. The van der Waals surface area contributed by atoms with Crippen molar-refractivity contribution in [2.24, 2.45) is 0 Å². The number of ether oxygens (including phenoxy) is 1. The minimum atomic E-state index is 0.0531. The Morgan fingerprint density at radius 3 is 3.08 bits per heavy atom. The summed E-state index contributed by atoms with van der Waals surface area (Å²) in [5.41, 5.74) is 0. The third-order valence-electron chi connectivity index (χ3n) is 2.09. The van der Waals surface area contributed by atoms with Crippen LogP contribution in [0.5, 0.6) is 0 Å². The average Bonchev–Trinajstić information content (AvgIpc) is 2.64. The van der Waals surface area contributed by atoms with Gasteiger partial charge in [0.15, 0.2) is 0 Å². The molecule has 0 aliphatic carbocycles. The van der Waals surface area contributed by atoms with E-state index in [1.165, 1.54) is 0 Å². The molecule has 13 heavy (non-hydrogen) atoms. The monoisotopic (exact) mass is 186 g/mol. The van der Waals surface area contributed by atoms with Crippen LogP contribution in [0.3, 0.4) is 0 Å². The molecule has 4 nitrogen and oxygen atoms in total. The Bertz CT molecular complexity index is 156. The summed E-state index contributed by atoms with van der Waals surface area (Å²) in [5.74, 6) is 0.0531. The van der Waals surface area contributed by atoms with Gasteiger partial charge in [0.05, 0.1) is 12.6 Å². The molecule has 1 fully saturated rings. The number of amides is 1. The molecule has 1 aliphatic rings. The Balaban J connectivity index is 2.00. The molecule has 1 heterocycles. The summed E-state index contributed by atoms with van der Waals surface area (Å²) in [7, 11) is 0. The number of hydrogen-bond donors (Lipinski definition) is 2. The van der Waals surface area contributed by atoms with Gasteiger partial charge in [-0.25, -0.2) is 0 Å². The summed E-state index contributed by atoms with van der Waals surface area (Å²) in [6.45, 7) is 4.71. The maximum absolute atomic E-state index is 11.1. The number of rotatable bonds is 5. The molecule has 0 radical (unpaired) electrons. The summed E-state index contributed by atoms with van der Waals surface area (Å²) in [6.07, 6.45) is 2.43. The lowest BCUT2D eigenvalue weighted by Crippen LogP contribution is -2.37. The van der Waals surface area contributed by atoms with E-state index < -0.39 is 0 Å². The number of nitrogens with one attached hydrogen (secondary N) is 2. The van der Waals surface area contributed by atoms with Crippen LogP contribution in [0.1, 0.15) is 19.8 Å². The molecule has 0 saturated carbocycles. The first-order valence-corrected chi connectivity index (χ1v) is 4.92. The molecule has 1 amide bonds. The van der Waals surface area contributed by atoms with Crippen LogP contribution in [0.15, 0.2) is 0 Å². The van der Waals surface area contributed by atoms with Gasteiger partial charge in [0.2, 0.25) is 5.91 Å². The quantitative estimate of drug-likeness (QED) is 0.630. The van der Waals surface area contributed by atoms with E-state index >= 15 is 0 Å². The van der Waals surface area contributed by atoms with E-state index in [-0.39, 0.29) is 12.0 Å². The van der Waals surface area contributed by atoms with Crippen molar-refractivity contribution < 1.29 is 9.53 Å². The molecule has 4 heteroatoms. The van der Waals surface area contributed by atoms with Crippen molar-refractivity contribution in [3.8, 4) is 0 Å². The normalized spacial score (nSPS) is 21.8. The third kappa shape index (κ3) is 4.24. The number of carbonyl (C=O) groups is 1. The number of likely N-dealkylation sites (N-methyl/N-ethyl adjacent to an activating group) is 1. The molecule has 0 aromatic rings. The first kappa shape index (κ1) is 10.5. The molecule has 0 spiro atoms. The second-order valence-corrected chi connectivity index (χ2v) is 3.22. The van der Waals surface area contributed by atoms with E-state index in [1.54, 1.807) is 0 Å². The highest BCUT2D eigenvalue weighted by molar-refractivity contribution is 5.77. The Morgan fingerprint density at radius 1 is 1.62 bits per heavy atom. The molecule has 0 aromatic heterocycles. The first-order chi connectivity index (χ1) is 6.33. The molecular formula is C9H18N2O2. The van der Waals surface area contributed by atoms with Crippen molar-refractivity contribution in [2.45, 2.75) is 25.9 Å². The van der Waals surface area contributed by atoms with Crippen LogP contribution < -0.4 is 10.6 Å². The lowest BCUT2D eigenvalue weighted by molar-refractivity contribution is -0.120. The van der Waals surface area contributed by atoms with Gasteiger partial charge in [0, 0.05) is 13.2 Å². The molecule has 1 rings (SSSR count). The van der Waals surface area contributed by atoms with Gasteiger partial charge in [-0.1, -0.05) is 6.92 Å². The smallest absolute Gasteiger partial charge is 0.234 e. The molecule has 0 bridgehead atoms. The van der Waals surface area contributed by atoms with Crippen LogP contribution in [0.25, 0.3) is 0 Å². The van der Waals surface area contributed by atoms with E-state index in [4.69, 9.17) is 4.74 Å². The highest BCUT2D eigenvalue weighted by atomic mass is 16.5. The molecule has 1 aliphatic heterocycles. The Hall–Kier alpha value is -0.610. The second-order valence-electron chi connectivity index (χ2n) is 3.22. The predicted octanol–water partition coefficient (Wildman–Crippen LogP) is -0.109. The minimum absolute atomic E-state index is 0.0531. The highest BCUT2D eigenvalue weighted by Crippen LogP contribution is 2.10. The number of carbonyl (C=O) groups excluding carboxylic acids is 1. The average molecular weight is 186 g/mol. The van der Waals surface area contributed by atoms with E-state index in [2.05, 4.69) is 10.6 Å². The van der Waals surface area contributed by atoms with Crippen molar-refractivity contribution in [2.75, 3.05) is 26.2 Å². The molecule has 1 saturated heterocycles. The van der Waals surface area contributed by atoms with Crippen LogP contribution in [-0.2, 0) is 9.53 Å². The molecule has 2 N–H and O–H groups in total. The highest BCUT2D eigenvalue weighted by Gasteiger charge is 2.15. The van der Waals surface area contributed by atoms with Gasteiger partial charge >= 0.3 is 0 Å². The number of hydrogen-bond acceptors (Lipinski definition) is 3. The Labute approximate surface area is 79.0 Å². The summed E-state index contributed by atoms with van der Waals surface area (Å²) in [4.78, 5) is 11.1. The SMILES string of the molecule is CCNCC(=O)NC[C@H]1CCCO1. The van der Waals surface area contributed by atoms with Gasteiger partial charge in [-0.15, -0.1) is 0 Å². The van der Waals surface area contributed by atoms with Gasteiger partial charge in [0.1, 0.15) is 0 Å². The first-order valence-electron chi connectivity index (χ1n) is 4.92. The van der Waals surface area contributed by atoms with Crippen LogP contribution in [-0.4, -0.2) is 38.3 Å². The molecular weight excluding hydrogens is 168 g/mol. The fourth-order valence-corrected chi connectivity index (χ4v) is 1.33. The maximum atomic E-state index is 11.1. The van der Waals surface area contributed by atoms with Crippen LogP contribution in [0.2, 0.25) is 0 Å². The van der Waals surface area contributed by atoms with E-state index in [1.807, 2.05) is 6.92 Å². The van der Waals surface area contributed by atoms with Gasteiger partial charge in [-0.3, -0.25) is 4.79 Å². The fourth-order valence-electron chi connectivity index (χ4n) is 1.33. The van der Waals surface area contributed by atoms with Crippen LogP contribution in [0, 0.1) is 0 Å². The van der Waals surface area contributed by atoms with E-state index in [0.29, 0.717) is 13.1 Å². The zero-order valence-corrected chi connectivity index (χ0v) is 8.14. The van der Waals surface area contributed by atoms with E-state index in [0.717, 1.165) is 26.0 Å². The Kier molecular flexibility index (Phi) is 4.78. The third-order valence-corrected chi connectivity index (χ3v) is 2.09. The summed E-state index contributed by atoms with van der Waals surface area (Å²) in [5, 5.41) is 5.80. The Morgan fingerprint density at radius 2 is 2.46 bits per heavy atom. The van der Waals surface area contributed by atoms with Gasteiger partial charge in [-0.05, 0) is 19.4 Å². The zero-order chi connectivity index (χ0) is 9.52. The summed E-state index contributed by atoms with van der Waals surface area (Å²) < 4.78 is 5.37. The van der Waals surface area contributed by atoms with Gasteiger partial charge in [-0.2, -0.15) is 0 Å². The largest absolute Gasteiger partial charge is 0.376 e. The fraction of sp³-hybridized carbons (Fsp3) is 0.889. The van der Waals surface area contributed by atoms with Gasteiger partial charge in [0.25, 0.3) is 0 Å². The van der Waals surface area contributed by atoms with E-state index in [9.17, 15) is 4.79 Å². The van der Waals surface area contributed by atoms with Crippen molar-refractivity contribution in [1.82, 2.24) is 10.6 Å². The molecule has 0 unspecified atom stereocenters. The lowest BCUT2D eigenvalue weighted by Gasteiger charge is -2.10. The lowest BCUT2D eigenvalue weighted by atomic mass is 10.2. The zero-order valence-electron chi connectivity index (χ0n) is 8.14. The summed E-state index contributed by atoms with van der Waals surface area (Å²) in [6, 6.07) is 0. The predicted molar refractivity (Wildman–Crippen MR) is 50.5 cm³/mol. The standard InChI is InChI=1S/C9H18N2O2/c1-2-10-7-9(12)11-6-8-4-3-5-13-8/h8,10H,2-7H2,1H3,(H,11,12)/t8-/m1/s1. The topological polar surface area (TPSA) is 50.4 Å². The summed E-state index contributed by atoms with van der Waals surface area (Å²) >= 11 is 0. The van der Waals surface area contributed by atoms with Gasteiger partial charge < -0.3 is 15.4 Å². The van der Waals surface area contributed by atoms with Crippen molar-refractivity contribution in [3.05, 3.63) is 0 Å². The minimum Gasteiger partial charge on any atom is -0.376 e. The van der Waals surface area contributed by atoms with Crippen LogP contribution in [0.4, 0.5) is 0 Å². The van der Waals surface area contributed by atoms with Crippen molar-refractivity contribution in [3.63, 3.8) is 0 Å². The molecule has 1 atom stereocenters. The van der Waals surface area contributed by atoms with Crippen molar-refractivity contribution >= 4 is 5.91 Å². The second kappa shape index (κ2) is 5.94. The molecule has 0 aromatic carbocycles.